The van der Waals surface area contributed by atoms with Crippen LogP contribution in [-0.2, 0) is 4.79 Å². The van der Waals surface area contributed by atoms with Gasteiger partial charge in [-0.2, -0.15) is 0 Å². The van der Waals surface area contributed by atoms with Gasteiger partial charge in [-0.1, -0.05) is 46.0 Å². The first-order valence-electron chi connectivity index (χ1n) is 5.62. The van der Waals surface area contributed by atoms with Gasteiger partial charge in [-0.25, -0.2) is 0 Å². The third kappa shape index (κ3) is 11.7. The lowest BCUT2D eigenvalue weighted by molar-refractivity contribution is -0.117. The van der Waals surface area contributed by atoms with Crippen LogP contribution in [0.15, 0.2) is 0 Å². The molecule has 0 N–H and O–H groups in total. The molecule has 0 aromatic rings. The number of rotatable bonds is 8. The van der Waals surface area contributed by atoms with Crippen LogP contribution in [0.2, 0.25) is 0 Å². The molecule has 0 amide bonds. The normalized spacial score (nSPS) is 10.8. The molecule has 78 valence electrons. The molecule has 0 unspecified atom stereocenters. The Hall–Kier alpha value is -0.330. The van der Waals surface area contributed by atoms with Gasteiger partial charge >= 0.3 is 0 Å². The minimum Gasteiger partial charge on any atom is -0.300 e. The average Bonchev–Trinajstić information content (AvgIpc) is 2.01. The van der Waals surface area contributed by atoms with Gasteiger partial charge in [0, 0.05) is 6.42 Å². The Labute approximate surface area is 82.9 Å². The number of unbranched alkanes of at least 4 members (excludes halogenated alkanes) is 4. The fraction of sp³-hybridized carbons (Fsp3) is 0.917. The lowest BCUT2D eigenvalue weighted by Gasteiger charge is -2.03. The highest BCUT2D eigenvalue weighted by Gasteiger charge is 1.95. The van der Waals surface area contributed by atoms with Crippen LogP contribution in [0.4, 0.5) is 0 Å². The topological polar surface area (TPSA) is 17.1 Å². The molecule has 13 heavy (non-hydrogen) atoms. The Morgan fingerprint density at radius 3 is 2.08 bits per heavy atom. The maximum Gasteiger partial charge on any atom is 0.129 e. The van der Waals surface area contributed by atoms with E-state index in [4.69, 9.17) is 0 Å². The first kappa shape index (κ1) is 12.7. The molecule has 0 aliphatic heterocycles. The van der Waals surface area contributed by atoms with Gasteiger partial charge in [0.15, 0.2) is 0 Å². The molecule has 0 fully saturated rings. The quantitative estimate of drug-likeness (QED) is 0.522. The van der Waals surface area contributed by atoms with Gasteiger partial charge in [0.05, 0.1) is 0 Å². The summed E-state index contributed by atoms with van der Waals surface area (Å²) >= 11 is 0. The van der Waals surface area contributed by atoms with E-state index in [1.807, 2.05) is 0 Å². The summed E-state index contributed by atoms with van der Waals surface area (Å²) in [6.07, 6.45) is 8.47. The Kier molecular flexibility index (Phi) is 8.07. The van der Waals surface area contributed by atoms with Crippen LogP contribution in [-0.4, -0.2) is 5.78 Å². The summed E-state index contributed by atoms with van der Waals surface area (Å²) in [5, 5.41) is 0. The highest BCUT2D eigenvalue weighted by atomic mass is 16.1. The van der Waals surface area contributed by atoms with Crippen molar-refractivity contribution in [2.75, 3.05) is 0 Å². The van der Waals surface area contributed by atoms with Gasteiger partial charge < -0.3 is 4.79 Å². The van der Waals surface area contributed by atoms with Crippen molar-refractivity contribution in [2.24, 2.45) is 5.92 Å². The van der Waals surface area contributed by atoms with Crippen molar-refractivity contribution in [2.45, 2.75) is 65.7 Å². The fourth-order valence-electron chi connectivity index (χ4n) is 1.46. The van der Waals surface area contributed by atoms with Gasteiger partial charge in [0.1, 0.15) is 5.78 Å². The second kappa shape index (κ2) is 8.28. The molecule has 0 aliphatic carbocycles. The summed E-state index contributed by atoms with van der Waals surface area (Å²) in [7, 11) is 0. The predicted molar refractivity (Wildman–Crippen MR) is 57.8 cm³/mol. The van der Waals surface area contributed by atoms with Crippen molar-refractivity contribution in [3.05, 3.63) is 0 Å². The monoisotopic (exact) mass is 184 g/mol. The summed E-state index contributed by atoms with van der Waals surface area (Å²) in [6, 6.07) is 0. The van der Waals surface area contributed by atoms with Gasteiger partial charge in [-0.15, -0.1) is 0 Å². The molecule has 0 atom stereocenters. The molecule has 1 heteroatoms. The van der Waals surface area contributed by atoms with Crippen LogP contribution in [0.1, 0.15) is 65.7 Å². The third-order valence-electron chi connectivity index (χ3n) is 2.31. The summed E-state index contributed by atoms with van der Waals surface area (Å²) in [5.41, 5.74) is 0. The molecule has 0 saturated heterocycles. The van der Waals surface area contributed by atoms with Crippen LogP contribution in [0.3, 0.4) is 0 Å². The van der Waals surface area contributed by atoms with Crippen molar-refractivity contribution < 1.29 is 4.79 Å². The molecule has 0 spiro atoms. The number of Topliss-reactive ketones (excluding diaryl/α,β-unsaturated/α-hetero) is 1. The molecule has 1 nitrogen and oxygen atoms in total. The van der Waals surface area contributed by atoms with Crippen molar-refractivity contribution in [1.82, 2.24) is 0 Å². The summed E-state index contributed by atoms with van der Waals surface area (Å²) in [5.74, 6) is 1.18. The number of carbonyl (C=O) groups excluding carboxylic acids is 1. The smallest absolute Gasteiger partial charge is 0.129 e. The van der Waals surface area contributed by atoms with Crippen molar-refractivity contribution in [3.8, 4) is 0 Å². The minimum absolute atomic E-state index is 0.335. The van der Waals surface area contributed by atoms with E-state index in [1.165, 1.54) is 32.1 Å². The number of ketones is 1. The summed E-state index contributed by atoms with van der Waals surface area (Å²) < 4.78 is 0. The van der Waals surface area contributed by atoms with Crippen LogP contribution in [0, 0.1) is 5.92 Å². The fourth-order valence-corrected chi connectivity index (χ4v) is 1.46. The SMILES string of the molecule is CC(=O)CCCCCCCC(C)C. The second-order valence-electron chi connectivity index (χ2n) is 4.40. The standard InChI is InChI=1S/C12H24O/c1-11(2)9-7-5-4-6-8-10-12(3)13/h11H,4-10H2,1-3H3. The zero-order chi connectivity index (χ0) is 10.1. The first-order chi connectivity index (χ1) is 6.13. The van der Waals surface area contributed by atoms with Gasteiger partial charge in [-0.3, -0.25) is 0 Å². The molecule has 0 rings (SSSR count). The largest absolute Gasteiger partial charge is 0.300 e. The lowest BCUT2D eigenvalue weighted by Crippen LogP contribution is -1.90. The van der Waals surface area contributed by atoms with Crippen molar-refractivity contribution in [1.29, 1.82) is 0 Å². The number of hydrogen-bond acceptors (Lipinski definition) is 1. The molecular formula is C12H24O. The van der Waals surface area contributed by atoms with E-state index in [2.05, 4.69) is 13.8 Å². The van der Waals surface area contributed by atoms with Crippen LogP contribution >= 0.6 is 0 Å². The third-order valence-corrected chi connectivity index (χ3v) is 2.31. The average molecular weight is 184 g/mol. The van der Waals surface area contributed by atoms with E-state index in [1.54, 1.807) is 6.92 Å². The zero-order valence-electron chi connectivity index (χ0n) is 9.44. The lowest BCUT2D eigenvalue weighted by atomic mass is 10.0. The molecule has 0 aliphatic rings. The van der Waals surface area contributed by atoms with E-state index in [-0.39, 0.29) is 0 Å². The molecule has 0 radical (unpaired) electrons. The van der Waals surface area contributed by atoms with Crippen LogP contribution < -0.4 is 0 Å². The molecule has 0 bridgehead atoms. The second-order valence-corrected chi connectivity index (χ2v) is 4.40. The molecule has 0 heterocycles. The molecule has 0 aromatic carbocycles. The summed E-state index contributed by atoms with van der Waals surface area (Å²) in [4.78, 5) is 10.6. The van der Waals surface area contributed by atoms with Gasteiger partial charge in [0.2, 0.25) is 0 Å². The van der Waals surface area contributed by atoms with Crippen molar-refractivity contribution in [3.63, 3.8) is 0 Å². The summed E-state index contributed by atoms with van der Waals surface area (Å²) in [6.45, 7) is 6.23. The van der Waals surface area contributed by atoms with E-state index in [0.29, 0.717) is 5.78 Å². The Bertz CT molecular complexity index is 127. The van der Waals surface area contributed by atoms with Gasteiger partial charge in [0.25, 0.3) is 0 Å². The number of hydrogen-bond donors (Lipinski definition) is 0. The van der Waals surface area contributed by atoms with E-state index < -0.39 is 0 Å². The Morgan fingerprint density at radius 1 is 1.00 bits per heavy atom. The maximum absolute atomic E-state index is 10.6. The highest BCUT2D eigenvalue weighted by molar-refractivity contribution is 5.75. The van der Waals surface area contributed by atoms with Crippen LogP contribution in [0.25, 0.3) is 0 Å². The first-order valence-corrected chi connectivity index (χ1v) is 5.62. The highest BCUT2D eigenvalue weighted by Crippen LogP contribution is 2.11. The number of carbonyl (C=O) groups is 1. The molecule has 0 aromatic heterocycles. The predicted octanol–water partition coefficient (Wildman–Crippen LogP) is 3.96. The molecular weight excluding hydrogens is 160 g/mol. The van der Waals surface area contributed by atoms with E-state index >= 15 is 0 Å². The van der Waals surface area contributed by atoms with E-state index in [9.17, 15) is 4.79 Å². The minimum atomic E-state index is 0.335. The van der Waals surface area contributed by atoms with Crippen LogP contribution in [0.5, 0.6) is 0 Å². The Balaban J connectivity index is 2.96. The zero-order valence-corrected chi connectivity index (χ0v) is 9.44. The van der Waals surface area contributed by atoms with Crippen molar-refractivity contribution >= 4 is 5.78 Å². The van der Waals surface area contributed by atoms with Gasteiger partial charge in [-0.05, 0) is 19.3 Å². The van der Waals surface area contributed by atoms with E-state index in [0.717, 1.165) is 18.8 Å². The molecule has 0 saturated carbocycles. The maximum atomic E-state index is 10.6. The Morgan fingerprint density at radius 2 is 1.54 bits per heavy atom.